The van der Waals surface area contributed by atoms with E-state index in [-0.39, 0.29) is 22.4 Å². The molecule has 1 aromatic carbocycles. The molecule has 1 heterocycles. The van der Waals surface area contributed by atoms with Crippen molar-refractivity contribution in [1.29, 1.82) is 0 Å². The lowest BCUT2D eigenvalue weighted by atomic mass is 10.2. The SMILES string of the molecule is Cc1ccc(NC(=O)CNC(=O)c2nc(Cl)ccc2Cl)c(Cl)c1. The van der Waals surface area contributed by atoms with Crippen molar-refractivity contribution in [3.8, 4) is 0 Å². The number of aryl methyl sites for hydroxylation is 1. The van der Waals surface area contributed by atoms with Crippen LogP contribution in [-0.4, -0.2) is 23.3 Å². The molecule has 0 atom stereocenters. The van der Waals surface area contributed by atoms with Crippen molar-refractivity contribution in [2.75, 3.05) is 11.9 Å². The first-order valence-corrected chi connectivity index (χ1v) is 7.66. The summed E-state index contributed by atoms with van der Waals surface area (Å²) in [7, 11) is 0. The number of nitrogens with one attached hydrogen (secondary N) is 2. The number of amides is 2. The lowest BCUT2D eigenvalue weighted by Gasteiger charge is -2.09. The molecular formula is C15H12Cl3N3O2. The van der Waals surface area contributed by atoms with Gasteiger partial charge in [-0.15, -0.1) is 0 Å². The Balaban J connectivity index is 1.96. The number of pyridine rings is 1. The van der Waals surface area contributed by atoms with E-state index in [9.17, 15) is 9.59 Å². The Hall–Kier alpha value is -1.82. The third kappa shape index (κ3) is 4.82. The number of anilines is 1. The first-order valence-electron chi connectivity index (χ1n) is 6.53. The van der Waals surface area contributed by atoms with Crippen molar-refractivity contribution >= 4 is 52.3 Å². The normalized spacial score (nSPS) is 10.3. The number of carbonyl (C=O) groups excluding carboxylic acids is 2. The molecule has 120 valence electrons. The summed E-state index contributed by atoms with van der Waals surface area (Å²) in [5.41, 5.74) is 1.40. The molecule has 0 radical (unpaired) electrons. The molecule has 1 aromatic heterocycles. The Morgan fingerprint density at radius 3 is 2.52 bits per heavy atom. The molecule has 2 aromatic rings. The fraction of sp³-hybridized carbons (Fsp3) is 0.133. The highest BCUT2D eigenvalue weighted by Gasteiger charge is 2.14. The number of benzene rings is 1. The van der Waals surface area contributed by atoms with E-state index in [4.69, 9.17) is 34.8 Å². The van der Waals surface area contributed by atoms with Crippen LogP contribution in [0.1, 0.15) is 16.1 Å². The fourth-order valence-electron chi connectivity index (χ4n) is 1.74. The molecule has 0 aliphatic rings. The smallest absolute Gasteiger partial charge is 0.271 e. The summed E-state index contributed by atoms with van der Waals surface area (Å²) in [5.74, 6) is -1.02. The molecule has 0 fully saturated rings. The van der Waals surface area contributed by atoms with E-state index in [1.54, 1.807) is 12.1 Å². The number of hydrogen-bond acceptors (Lipinski definition) is 3. The maximum atomic E-state index is 12.0. The maximum Gasteiger partial charge on any atom is 0.271 e. The second-order valence-electron chi connectivity index (χ2n) is 4.68. The highest BCUT2D eigenvalue weighted by Crippen LogP contribution is 2.22. The van der Waals surface area contributed by atoms with Crippen LogP contribution in [0.4, 0.5) is 5.69 Å². The molecule has 0 bridgehead atoms. The number of halogens is 3. The van der Waals surface area contributed by atoms with Crippen LogP contribution in [0.15, 0.2) is 30.3 Å². The Kier molecular flexibility index (Phi) is 5.82. The van der Waals surface area contributed by atoms with Crippen molar-refractivity contribution in [1.82, 2.24) is 10.3 Å². The van der Waals surface area contributed by atoms with Gasteiger partial charge in [-0.1, -0.05) is 40.9 Å². The lowest BCUT2D eigenvalue weighted by Crippen LogP contribution is -2.33. The quantitative estimate of drug-likeness (QED) is 0.804. The summed E-state index contributed by atoms with van der Waals surface area (Å²) in [6, 6.07) is 8.15. The van der Waals surface area contributed by atoms with Crippen LogP contribution >= 0.6 is 34.8 Å². The lowest BCUT2D eigenvalue weighted by molar-refractivity contribution is -0.115. The van der Waals surface area contributed by atoms with Gasteiger partial charge in [-0.2, -0.15) is 0 Å². The topological polar surface area (TPSA) is 71.1 Å². The van der Waals surface area contributed by atoms with Crippen molar-refractivity contribution in [3.63, 3.8) is 0 Å². The van der Waals surface area contributed by atoms with Gasteiger partial charge in [-0.05, 0) is 36.8 Å². The van der Waals surface area contributed by atoms with E-state index in [1.165, 1.54) is 12.1 Å². The van der Waals surface area contributed by atoms with E-state index >= 15 is 0 Å². The number of rotatable bonds is 4. The van der Waals surface area contributed by atoms with Gasteiger partial charge in [0.2, 0.25) is 5.91 Å². The zero-order valence-corrected chi connectivity index (χ0v) is 14.3. The first-order chi connectivity index (χ1) is 10.9. The molecule has 0 unspecified atom stereocenters. The van der Waals surface area contributed by atoms with Gasteiger partial charge in [-0.25, -0.2) is 4.98 Å². The summed E-state index contributed by atoms with van der Waals surface area (Å²) in [6.45, 7) is 1.63. The fourth-order valence-corrected chi connectivity index (χ4v) is 2.36. The Morgan fingerprint density at radius 2 is 1.83 bits per heavy atom. The van der Waals surface area contributed by atoms with Gasteiger partial charge >= 0.3 is 0 Å². The second kappa shape index (κ2) is 7.64. The molecule has 2 amide bonds. The van der Waals surface area contributed by atoms with E-state index in [2.05, 4.69) is 15.6 Å². The van der Waals surface area contributed by atoms with Crippen molar-refractivity contribution in [2.24, 2.45) is 0 Å². The zero-order chi connectivity index (χ0) is 17.0. The Morgan fingerprint density at radius 1 is 1.09 bits per heavy atom. The van der Waals surface area contributed by atoms with Gasteiger partial charge < -0.3 is 10.6 Å². The van der Waals surface area contributed by atoms with Gasteiger partial charge in [0.15, 0.2) is 0 Å². The van der Waals surface area contributed by atoms with E-state index in [0.717, 1.165) is 5.56 Å². The van der Waals surface area contributed by atoms with E-state index in [1.807, 2.05) is 13.0 Å². The first kappa shape index (κ1) is 17.5. The van der Waals surface area contributed by atoms with Crippen LogP contribution < -0.4 is 10.6 Å². The van der Waals surface area contributed by atoms with Crippen molar-refractivity contribution in [3.05, 3.63) is 56.8 Å². The molecule has 0 saturated carbocycles. The van der Waals surface area contributed by atoms with Gasteiger partial charge in [0.1, 0.15) is 10.8 Å². The minimum absolute atomic E-state index is 0.0414. The number of aromatic nitrogens is 1. The molecule has 2 rings (SSSR count). The largest absolute Gasteiger partial charge is 0.342 e. The van der Waals surface area contributed by atoms with Crippen LogP contribution in [0, 0.1) is 6.92 Å². The molecule has 0 aliphatic carbocycles. The van der Waals surface area contributed by atoms with Gasteiger partial charge in [0, 0.05) is 0 Å². The summed E-state index contributed by atoms with van der Waals surface area (Å²) >= 11 is 17.6. The molecule has 2 N–H and O–H groups in total. The highest BCUT2D eigenvalue weighted by molar-refractivity contribution is 6.35. The van der Waals surface area contributed by atoms with Crippen LogP contribution in [0.25, 0.3) is 0 Å². The Bertz CT molecular complexity index is 766. The minimum atomic E-state index is -0.595. The summed E-state index contributed by atoms with van der Waals surface area (Å²) in [4.78, 5) is 27.7. The maximum absolute atomic E-state index is 12.0. The predicted molar refractivity (Wildman–Crippen MR) is 91.4 cm³/mol. The molecule has 0 aliphatic heterocycles. The summed E-state index contributed by atoms with van der Waals surface area (Å²) < 4.78 is 0. The third-order valence-corrected chi connectivity index (χ3v) is 3.66. The second-order valence-corrected chi connectivity index (χ2v) is 5.88. The van der Waals surface area contributed by atoms with Gasteiger partial charge in [0.05, 0.1) is 22.3 Å². The van der Waals surface area contributed by atoms with Crippen LogP contribution in [0.2, 0.25) is 15.2 Å². The predicted octanol–water partition coefficient (Wildman–Crippen LogP) is 3.72. The number of nitrogens with zero attached hydrogens (tertiary/aromatic N) is 1. The molecule has 8 heteroatoms. The third-order valence-electron chi connectivity index (χ3n) is 2.84. The molecular weight excluding hydrogens is 361 g/mol. The van der Waals surface area contributed by atoms with Crippen molar-refractivity contribution < 1.29 is 9.59 Å². The van der Waals surface area contributed by atoms with Crippen LogP contribution in [0.3, 0.4) is 0 Å². The highest BCUT2D eigenvalue weighted by atomic mass is 35.5. The molecule has 23 heavy (non-hydrogen) atoms. The molecule has 0 spiro atoms. The molecule has 5 nitrogen and oxygen atoms in total. The van der Waals surface area contributed by atoms with Crippen LogP contribution in [-0.2, 0) is 4.79 Å². The average molecular weight is 373 g/mol. The summed E-state index contributed by atoms with van der Waals surface area (Å²) in [6.07, 6.45) is 0. The molecule has 0 saturated heterocycles. The van der Waals surface area contributed by atoms with Gasteiger partial charge in [-0.3, -0.25) is 9.59 Å². The zero-order valence-electron chi connectivity index (χ0n) is 12.0. The van der Waals surface area contributed by atoms with Crippen molar-refractivity contribution in [2.45, 2.75) is 6.92 Å². The van der Waals surface area contributed by atoms with E-state index in [0.29, 0.717) is 10.7 Å². The summed E-state index contributed by atoms with van der Waals surface area (Å²) in [5, 5.41) is 5.73. The van der Waals surface area contributed by atoms with E-state index < -0.39 is 11.8 Å². The standard InChI is InChI=1S/C15H12Cl3N3O2/c1-8-2-4-11(10(17)6-8)20-13(22)7-19-15(23)14-9(16)3-5-12(18)21-14/h2-6H,7H2,1H3,(H,19,23)(H,20,22). The number of hydrogen-bond donors (Lipinski definition) is 2. The average Bonchev–Trinajstić information content (AvgIpc) is 2.50. The minimum Gasteiger partial charge on any atom is -0.342 e. The van der Waals surface area contributed by atoms with Crippen LogP contribution in [0.5, 0.6) is 0 Å². The number of carbonyl (C=O) groups is 2. The Labute approximate surface area is 148 Å². The monoisotopic (exact) mass is 371 g/mol. The van der Waals surface area contributed by atoms with Gasteiger partial charge in [0.25, 0.3) is 5.91 Å².